The number of nitrogens with zero attached hydrogens (tertiary/aromatic N) is 3. The number of fused-ring (bicyclic) bond motifs is 1. The molecule has 0 bridgehead atoms. The molecule has 0 atom stereocenters. The van der Waals surface area contributed by atoms with Crippen LogP contribution in [-0.4, -0.2) is 54.5 Å². The summed E-state index contributed by atoms with van der Waals surface area (Å²) in [4.78, 5) is 29.6. The summed E-state index contributed by atoms with van der Waals surface area (Å²) in [6.45, 7) is 1.64. The molecule has 2 aromatic carbocycles. The fraction of sp³-hybridized carbons (Fsp3) is 0.200. The van der Waals surface area contributed by atoms with E-state index in [9.17, 15) is 9.59 Å². The van der Waals surface area contributed by atoms with E-state index in [0.29, 0.717) is 28.6 Å². The lowest BCUT2D eigenvalue weighted by atomic mass is 10.1. The van der Waals surface area contributed by atoms with Crippen molar-refractivity contribution >= 4 is 28.5 Å². The van der Waals surface area contributed by atoms with E-state index in [1.807, 2.05) is 43.3 Å². The van der Waals surface area contributed by atoms with Gasteiger partial charge in [-0.25, -0.2) is 9.67 Å². The number of amides is 2. The van der Waals surface area contributed by atoms with Crippen molar-refractivity contribution in [3.8, 4) is 22.9 Å². The summed E-state index contributed by atoms with van der Waals surface area (Å²) in [5.41, 5.74) is 3.12. The third-order valence-electron chi connectivity index (χ3n) is 5.33. The van der Waals surface area contributed by atoms with Crippen molar-refractivity contribution in [2.24, 2.45) is 0 Å². The lowest BCUT2D eigenvalue weighted by Gasteiger charge is -2.14. The van der Waals surface area contributed by atoms with E-state index in [1.165, 1.54) is 33.5 Å². The second kappa shape index (κ2) is 10.1. The number of rotatable bonds is 8. The number of benzene rings is 2. The normalized spacial score (nSPS) is 10.6. The molecule has 0 fully saturated rings. The minimum absolute atomic E-state index is 0.240. The van der Waals surface area contributed by atoms with Crippen LogP contribution in [0.15, 0.2) is 54.7 Å². The van der Waals surface area contributed by atoms with E-state index < -0.39 is 11.8 Å². The molecule has 0 radical (unpaired) electrons. The number of para-hydroxylation sites is 1. The van der Waals surface area contributed by atoms with E-state index in [2.05, 4.69) is 20.7 Å². The molecule has 0 saturated heterocycles. The van der Waals surface area contributed by atoms with Crippen LogP contribution < -0.4 is 24.8 Å². The monoisotopic (exact) mass is 475 g/mol. The second-order valence-electron chi connectivity index (χ2n) is 7.57. The average Bonchev–Trinajstić information content (AvgIpc) is 3.22. The minimum Gasteiger partial charge on any atom is -0.493 e. The number of pyridine rings is 1. The molecule has 35 heavy (non-hydrogen) atoms. The summed E-state index contributed by atoms with van der Waals surface area (Å²) in [6, 6.07) is 14.5. The zero-order valence-corrected chi connectivity index (χ0v) is 19.8. The summed E-state index contributed by atoms with van der Waals surface area (Å²) in [5, 5.41) is 10.7. The SMILES string of the molecule is COc1cc(C(=O)NCC(=O)Nc2cnc3c(c2)c(C)nn3-c2ccccc2)cc(OC)c1OC. The highest BCUT2D eigenvalue weighted by molar-refractivity contribution is 6.00. The minimum atomic E-state index is -0.465. The van der Waals surface area contributed by atoms with Gasteiger partial charge in [0.2, 0.25) is 11.7 Å². The maximum Gasteiger partial charge on any atom is 0.251 e. The van der Waals surface area contributed by atoms with Gasteiger partial charge in [-0.3, -0.25) is 9.59 Å². The molecule has 0 aliphatic heterocycles. The van der Waals surface area contributed by atoms with Gasteiger partial charge in [0, 0.05) is 10.9 Å². The Morgan fingerprint density at radius 3 is 2.29 bits per heavy atom. The Bertz CT molecular complexity index is 1360. The molecular weight excluding hydrogens is 450 g/mol. The first kappa shape index (κ1) is 23.6. The predicted molar refractivity (Wildman–Crippen MR) is 131 cm³/mol. The molecule has 10 heteroatoms. The van der Waals surface area contributed by atoms with E-state index in [4.69, 9.17) is 14.2 Å². The van der Waals surface area contributed by atoms with Crippen LogP contribution >= 0.6 is 0 Å². The Labute approximate surface area is 201 Å². The topological polar surface area (TPSA) is 117 Å². The van der Waals surface area contributed by atoms with Crippen LogP contribution in [-0.2, 0) is 4.79 Å². The zero-order chi connectivity index (χ0) is 24.9. The maximum atomic E-state index is 12.6. The van der Waals surface area contributed by atoms with Crippen LogP contribution in [0.25, 0.3) is 16.7 Å². The van der Waals surface area contributed by atoms with Gasteiger partial charge in [0.25, 0.3) is 5.91 Å². The molecule has 2 N–H and O–H groups in total. The van der Waals surface area contributed by atoms with Gasteiger partial charge in [-0.2, -0.15) is 5.10 Å². The molecule has 10 nitrogen and oxygen atoms in total. The van der Waals surface area contributed by atoms with Gasteiger partial charge in [-0.05, 0) is 37.3 Å². The molecule has 0 aliphatic carbocycles. The van der Waals surface area contributed by atoms with Crippen LogP contribution in [0.2, 0.25) is 0 Å². The molecule has 2 amide bonds. The van der Waals surface area contributed by atoms with Crippen molar-refractivity contribution in [3.63, 3.8) is 0 Å². The fourth-order valence-electron chi connectivity index (χ4n) is 3.64. The number of hydrogen-bond donors (Lipinski definition) is 2. The Balaban J connectivity index is 1.45. The van der Waals surface area contributed by atoms with Crippen molar-refractivity contribution in [1.29, 1.82) is 0 Å². The van der Waals surface area contributed by atoms with Crippen LogP contribution in [0.3, 0.4) is 0 Å². The van der Waals surface area contributed by atoms with E-state index in [1.54, 1.807) is 10.9 Å². The number of methoxy groups -OCH3 is 3. The van der Waals surface area contributed by atoms with Crippen molar-refractivity contribution in [1.82, 2.24) is 20.1 Å². The molecule has 0 unspecified atom stereocenters. The number of ether oxygens (including phenoxy) is 3. The van der Waals surface area contributed by atoms with Gasteiger partial charge in [0.1, 0.15) is 0 Å². The van der Waals surface area contributed by atoms with E-state index >= 15 is 0 Å². The Hall–Kier alpha value is -4.60. The van der Waals surface area contributed by atoms with Crippen molar-refractivity contribution in [3.05, 3.63) is 66.0 Å². The molecule has 4 aromatic rings. The first-order valence-corrected chi connectivity index (χ1v) is 10.7. The Kier molecular flexibility index (Phi) is 6.81. The number of carbonyl (C=O) groups excluding carboxylic acids is 2. The molecule has 0 spiro atoms. The summed E-state index contributed by atoms with van der Waals surface area (Å²) in [5.74, 6) is 0.186. The summed E-state index contributed by atoms with van der Waals surface area (Å²) >= 11 is 0. The highest BCUT2D eigenvalue weighted by Gasteiger charge is 2.18. The molecule has 0 aliphatic rings. The number of aromatic nitrogens is 3. The van der Waals surface area contributed by atoms with Gasteiger partial charge in [-0.15, -0.1) is 0 Å². The number of aryl methyl sites for hydroxylation is 1. The number of hydrogen-bond acceptors (Lipinski definition) is 7. The van der Waals surface area contributed by atoms with Gasteiger partial charge >= 0.3 is 0 Å². The van der Waals surface area contributed by atoms with Crippen molar-refractivity contribution in [2.75, 3.05) is 33.2 Å². The maximum absolute atomic E-state index is 12.6. The first-order valence-electron chi connectivity index (χ1n) is 10.7. The lowest BCUT2D eigenvalue weighted by Crippen LogP contribution is -2.32. The highest BCUT2D eigenvalue weighted by atomic mass is 16.5. The standard InChI is InChI=1S/C25H25N5O5/c1-15-19-12-17(13-26-24(19)30(29-15)18-8-6-5-7-9-18)28-22(31)14-27-25(32)16-10-20(33-2)23(35-4)21(11-16)34-3/h5-13H,14H2,1-4H3,(H,27,32)(H,28,31). The molecule has 180 valence electrons. The summed E-state index contributed by atoms with van der Waals surface area (Å²) < 4.78 is 17.6. The lowest BCUT2D eigenvalue weighted by molar-refractivity contribution is -0.115. The van der Waals surface area contributed by atoms with Gasteiger partial charge in [-0.1, -0.05) is 18.2 Å². The number of anilines is 1. The zero-order valence-electron chi connectivity index (χ0n) is 19.8. The van der Waals surface area contributed by atoms with Crippen molar-refractivity contribution < 1.29 is 23.8 Å². The number of nitrogens with one attached hydrogen (secondary N) is 2. The third kappa shape index (κ3) is 4.86. The summed E-state index contributed by atoms with van der Waals surface area (Å²) in [7, 11) is 4.40. The van der Waals surface area contributed by atoms with E-state index in [0.717, 1.165) is 16.8 Å². The quantitative estimate of drug-likeness (QED) is 0.402. The third-order valence-corrected chi connectivity index (χ3v) is 5.33. The first-order chi connectivity index (χ1) is 16.9. The highest BCUT2D eigenvalue weighted by Crippen LogP contribution is 2.38. The molecular formula is C25H25N5O5. The Morgan fingerprint density at radius 1 is 0.971 bits per heavy atom. The average molecular weight is 476 g/mol. The van der Waals surface area contributed by atoms with Crippen LogP contribution in [0.1, 0.15) is 16.1 Å². The fourth-order valence-corrected chi connectivity index (χ4v) is 3.64. The molecule has 2 aromatic heterocycles. The van der Waals surface area contributed by atoms with Crippen LogP contribution in [0, 0.1) is 6.92 Å². The largest absolute Gasteiger partial charge is 0.493 e. The van der Waals surface area contributed by atoms with Gasteiger partial charge < -0.3 is 24.8 Å². The molecule has 2 heterocycles. The molecule has 4 rings (SSSR count). The van der Waals surface area contributed by atoms with Gasteiger partial charge in [0.05, 0.1) is 51.1 Å². The van der Waals surface area contributed by atoms with Gasteiger partial charge in [0.15, 0.2) is 17.1 Å². The van der Waals surface area contributed by atoms with E-state index in [-0.39, 0.29) is 12.1 Å². The smallest absolute Gasteiger partial charge is 0.251 e. The van der Waals surface area contributed by atoms with Crippen LogP contribution in [0.4, 0.5) is 5.69 Å². The predicted octanol–water partition coefficient (Wildman–Crippen LogP) is 3.12. The Morgan fingerprint density at radius 2 is 1.66 bits per heavy atom. The second-order valence-corrected chi connectivity index (χ2v) is 7.57. The number of carbonyl (C=O) groups is 2. The molecule has 0 saturated carbocycles. The van der Waals surface area contributed by atoms with Crippen molar-refractivity contribution in [2.45, 2.75) is 6.92 Å². The summed E-state index contributed by atoms with van der Waals surface area (Å²) in [6.07, 6.45) is 1.56. The van der Waals surface area contributed by atoms with Crippen LogP contribution in [0.5, 0.6) is 17.2 Å².